The first-order chi connectivity index (χ1) is 16.1. The number of hydrogen-bond donors (Lipinski definition) is 1. The van der Waals surface area contributed by atoms with Crippen molar-refractivity contribution in [3.63, 3.8) is 0 Å². The van der Waals surface area contributed by atoms with Crippen molar-refractivity contribution in [3.8, 4) is 0 Å². The molecule has 0 saturated carbocycles. The van der Waals surface area contributed by atoms with Gasteiger partial charge in [0.25, 0.3) is 11.8 Å². The number of fused-ring (bicyclic) bond motifs is 1. The maximum absolute atomic E-state index is 12.6. The number of benzene rings is 1. The van der Waals surface area contributed by atoms with E-state index in [0.29, 0.717) is 13.1 Å². The molecule has 0 aromatic heterocycles. The fraction of sp³-hybridized carbons (Fsp3) is 0.640. The average molecular weight is 456 g/mol. The largest absolute Gasteiger partial charge is 0.368 e. The van der Waals surface area contributed by atoms with Gasteiger partial charge in [0.1, 0.15) is 6.04 Å². The van der Waals surface area contributed by atoms with E-state index in [0.717, 1.165) is 89.0 Å². The van der Waals surface area contributed by atoms with E-state index < -0.39 is 0 Å². The highest BCUT2D eigenvalue weighted by atomic mass is 16.2. The van der Waals surface area contributed by atoms with Crippen LogP contribution >= 0.6 is 0 Å². The van der Waals surface area contributed by atoms with Crippen molar-refractivity contribution in [1.29, 1.82) is 0 Å². The number of nitrogens with zero attached hydrogens (tertiary/aromatic N) is 4. The lowest BCUT2D eigenvalue weighted by Gasteiger charge is -2.37. The number of carbonyl (C=O) groups is 3. The SMILES string of the molecule is CCCNC(=O)c1ccccc1N1CCN(CCCCN2C(=O)[C@@H]3CCCCN3C2=O)CC1. The molecule has 0 unspecified atom stereocenters. The van der Waals surface area contributed by atoms with Crippen LogP contribution in [-0.4, -0.2) is 90.9 Å². The molecule has 180 valence electrons. The van der Waals surface area contributed by atoms with Crippen molar-refractivity contribution in [3.05, 3.63) is 29.8 Å². The van der Waals surface area contributed by atoms with Crippen molar-refractivity contribution < 1.29 is 14.4 Å². The van der Waals surface area contributed by atoms with E-state index in [1.165, 1.54) is 4.90 Å². The van der Waals surface area contributed by atoms with E-state index in [9.17, 15) is 14.4 Å². The van der Waals surface area contributed by atoms with Crippen molar-refractivity contribution in [1.82, 2.24) is 20.0 Å². The van der Waals surface area contributed by atoms with E-state index in [4.69, 9.17) is 0 Å². The molecule has 0 radical (unpaired) electrons. The number of unbranched alkanes of at least 4 members (excludes halogenated alkanes) is 1. The fourth-order valence-electron chi connectivity index (χ4n) is 5.15. The number of amides is 4. The van der Waals surface area contributed by atoms with Crippen LogP contribution in [0.3, 0.4) is 0 Å². The number of urea groups is 1. The van der Waals surface area contributed by atoms with E-state index in [1.807, 2.05) is 24.3 Å². The summed E-state index contributed by atoms with van der Waals surface area (Å²) < 4.78 is 0. The Bertz CT molecular complexity index is 828. The van der Waals surface area contributed by atoms with Crippen LogP contribution in [0.15, 0.2) is 24.3 Å². The monoisotopic (exact) mass is 455 g/mol. The van der Waals surface area contributed by atoms with Crippen LogP contribution in [0, 0.1) is 0 Å². The Morgan fingerprint density at radius 3 is 2.52 bits per heavy atom. The third-order valence-corrected chi connectivity index (χ3v) is 7.03. The summed E-state index contributed by atoms with van der Waals surface area (Å²) in [5, 5.41) is 2.99. The van der Waals surface area contributed by atoms with Crippen LogP contribution in [0.1, 0.15) is 55.8 Å². The summed E-state index contributed by atoms with van der Waals surface area (Å²) >= 11 is 0. The number of imide groups is 1. The van der Waals surface area contributed by atoms with Crippen molar-refractivity contribution in [2.45, 2.75) is 51.5 Å². The number of piperazine rings is 1. The van der Waals surface area contributed by atoms with E-state index in [2.05, 4.69) is 22.0 Å². The highest BCUT2D eigenvalue weighted by Gasteiger charge is 2.45. The molecule has 4 rings (SSSR count). The van der Waals surface area contributed by atoms with E-state index >= 15 is 0 Å². The second kappa shape index (κ2) is 11.0. The number of carbonyl (C=O) groups excluding carboxylic acids is 3. The van der Waals surface area contributed by atoms with Crippen LogP contribution in [0.25, 0.3) is 0 Å². The van der Waals surface area contributed by atoms with Crippen molar-refractivity contribution in [2.24, 2.45) is 0 Å². The van der Waals surface area contributed by atoms with Crippen molar-refractivity contribution in [2.75, 3.05) is 57.3 Å². The molecule has 3 heterocycles. The number of piperidine rings is 1. The van der Waals surface area contributed by atoms with Gasteiger partial charge in [-0.05, 0) is 57.2 Å². The first kappa shape index (κ1) is 23.5. The lowest BCUT2D eigenvalue weighted by Crippen LogP contribution is -2.47. The summed E-state index contributed by atoms with van der Waals surface area (Å²) in [7, 11) is 0. The van der Waals surface area contributed by atoms with E-state index in [-0.39, 0.29) is 23.9 Å². The minimum absolute atomic E-state index is 0.00273. The van der Waals surface area contributed by atoms with Gasteiger partial charge in [-0.15, -0.1) is 0 Å². The Morgan fingerprint density at radius 2 is 1.76 bits per heavy atom. The molecule has 0 aliphatic carbocycles. The molecule has 0 spiro atoms. The van der Waals surface area contributed by atoms with Gasteiger partial charge in [-0.25, -0.2) is 4.79 Å². The van der Waals surface area contributed by atoms with Gasteiger partial charge in [-0.3, -0.25) is 19.4 Å². The molecule has 3 aliphatic heterocycles. The zero-order valence-electron chi connectivity index (χ0n) is 19.8. The maximum atomic E-state index is 12.6. The summed E-state index contributed by atoms with van der Waals surface area (Å²) in [6.45, 7) is 8.63. The zero-order chi connectivity index (χ0) is 23.2. The highest BCUT2D eigenvalue weighted by molar-refractivity contribution is 6.04. The summed E-state index contributed by atoms with van der Waals surface area (Å²) in [4.78, 5) is 45.6. The number of para-hydroxylation sites is 1. The molecule has 33 heavy (non-hydrogen) atoms. The van der Waals surface area contributed by atoms with Gasteiger partial charge in [0.2, 0.25) is 0 Å². The molecular weight excluding hydrogens is 418 g/mol. The van der Waals surface area contributed by atoms with Gasteiger partial charge >= 0.3 is 6.03 Å². The van der Waals surface area contributed by atoms with Gasteiger partial charge in [0.15, 0.2) is 0 Å². The third-order valence-electron chi connectivity index (χ3n) is 7.03. The minimum atomic E-state index is -0.203. The Labute approximate surface area is 196 Å². The molecule has 3 aliphatic rings. The second-order valence-electron chi connectivity index (χ2n) is 9.29. The molecule has 8 nitrogen and oxygen atoms in total. The number of rotatable bonds is 9. The average Bonchev–Trinajstić information content (AvgIpc) is 3.10. The maximum Gasteiger partial charge on any atom is 0.327 e. The van der Waals surface area contributed by atoms with Crippen LogP contribution in [-0.2, 0) is 4.79 Å². The molecule has 1 aromatic carbocycles. The molecule has 4 amide bonds. The number of hydrogen-bond acceptors (Lipinski definition) is 5. The number of nitrogens with one attached hydrogen (secondary N) is 1. The van der Waals surface area contributed by atoms with Crippen LogP contribution in [0.2, 0.25) is 0 Å². The molecule has 1 aromatic rings. The molecule has 3 fully saturated rings. The third kappa shape index (κ3) is 5.32. The summed E-state index contributed by atoms with van der Waals surface area (Å²) in [6.07, 6.45) is 5.59. The standard InChI is InChI=1S/C25H37N5O3/c1-2-12-26-23(31)20-9-3-4-10-21(20)28-18-16-27(17-19-28)13-7-8-15-30-24(32)22-11-5-6-14-29(22)25(30)33/h3-4,9-10,22H,2,5-8,11-19H2,1H3,(H,26,31)/t22-/m0/s1. The Morgan fingerprint density at radius 1 is 1.00 bits per heavy atom. The van der Waals surface area contributed by atoms with Crippen LogP contribution in [0.4, 0.5) is 10.5 Å². The Balaban J connectivity index is 1.21. The van der Waals surface area contributed by atoms with Gasteiger partial charge in [0.05, 0.1) is 5.56 Å². The van der Waals surface area contributed by atoms with Gasteiger partial charge in [-0.1, -0.05) is 19.1 Å². The molecule has 3 saturated heterocycles. The summed E-state index contributed by atoms with van der Waals surface area (Å²) in [5.74, 6) is 0.00649. The van der Waals surface area contributed by atoms with Crippen LogP contribution < -0.4 is 10.2 Å². The molecular formula is C25H37N5O3. The van der Waals surface area contributed by atoms with Gasteiger partial charge in [-0.2, -0.15) is 0 Å². The summed E-state index contributed by atoms with van der Waals surface area (Å²) in [5.41, 5.74) is 1.75. The van der Waals surface area contributed by atoms with Gasteiger partial charge in [0, 0.05) is 51.5 Å². The van der Waals surface area contributed by atoms with Crippen LogP contribution in [0.5, 0.6) is 0 Å². The topological polar surface area (TPSA) is 76.2 Å². The molecule has 1 N–H and O–H groups in total. The van der Waals surface area contributed by atoms with Gasteiger partial charge < -0.3 is 15.1 Å². The Hall–Kier alpha value is -2.61. The normalized spacial score (nSPS) is 21.5. The Kier molecular flexibility index (Phi) is 7.85. The highest BCUT2D eigenvalue weighted by Crippen LogP contribution is 2.27. The minimum Gasteiger partial charge on any atom is -0.368 e. The second-order valence-corrected chi connectivity index (χ2v) is 9.29. The fourth-order valence-corrected chi connectivity index (χ4v) is 5.15. The lowest BCUT2D eigenvalue weighted by molar-refractivity contribution is -0.128. The van der Waals surface area contributed by atoms with Crippen molar-refractivity contribution >= 4 is 23.5 Å². The molecule has 0 bridgehead atoms. The first-order valence-corrected chi connectivity index (χ1v) is 12.6. The number of anilines is 1. The molecule has 8 heteroatoms. The molecule has 1 atom stereocenters. The predicted octanol–water partition coefficient (Wildman–Crippen LogP) is 2.55. The predicted molar refractivity (Wildman–Crippen MR) is 128 cm³/mol. The zero-order valence-corrected chi connectivity index (χ0v) is 19.8. The first-order valence-electron chi connectivity index (χ1n) is 12.6. The quantitative estimate of drug-likeness (QED) is 0.458. The smallest absolute Gasteiger partial charge is 0.327 e. The lowest BCUT2D eigenvalue weighted by atomic mass is 10.0. The summed E-state index contributed by atoms with van der Waals surface area (Å²) in [6, 6.07) is 7.56. The van der Waals surface area contributed by atoms with E-state index in [1.54, 1.807) is 4.90 Å².